The minimum atomic E-state index is -0.0209. The topological polar surface area (TPSA) is 33.1 Å². The second kappa shape index (κ2) is 7.98. The molecule has 1 N–H and O–H groups in total. The highest BCUT2D eigenvalue weighted by Gasteiger charge is 2.40. The first-order valence-electron chi connectivity index (χ1n) is 9.55. The number of hydrogen-bond donors (Lipinski definition) is 1. The number of nitrogens with one attached hydrogen (secondary N) is 1. The van der Waals surface area contributed by atoms with E-state index in [1.54, 1.807) is 6.07 Å². The van der Waals surface area contributed by atoms with Crippen molar-refractivity contribution in [2.24, 2.45) is 0 Å². The van der Waals surface area contributed by atoms with Gasteiger partial charge in [0.1, 0.15) is 0 Å². The van der Waals surface area contributed by atoms with Gasteiger partial charge in [0.25, 0.3) is 0 Å². The van der Waals surface area contributed by atoms with Crippen molar-refractivity contribution in [1.29, 1.82) is 0 Å². The number of aromatic nitrogens is 2. The Bertz CT molecular complexity index is 1060. The molecule has 1 aromatic carbocycles. The van der Waals surface area contributed by atoms with Crippen molar-refractivity contribution in [3.63, 3.8) is 0 Å². The smallest absolute Gasteiger partial charge is 0.170 e. The summed E-state index contributed by atoms with van der Waals surface area (Å²) in [6.07, 6.45) is 1.82. The standard InChI is InChI=1S/C22H22Cl2N4S/c1-4-27-21(20(26-22(27)29)17-9-5-6-11-25-17)15-12-13(2)28(14(15)3)18-10-7-8-16(23)19(18)24/h5-12,20-21H,4H2,1-3H3,(H,26,29)/t20-,21-/m1/s1. The Morgan fingerprint density at radius 2 is 1.93 bits per heavy atom. The number of nitrogens with zero attached hydrogens (tertiary/aromatic N) is 3. The monoisotopic (exact) mass is 444 g/mol. The van der Waals surface area contributed by atoms with E-state index in [-0.39, 0.29) is 12.1 Å². The maximum Gasteiger partial charge on any atom is 0.170 e. The average Bonchev–Trinajstić information content (AvgIpc) is 3.20. The highest BCUT2D eigenvalue weighted by atomic mass is 35.5. The van der Waals surface area contributed by atoms with Crippen LogP contribution in [0.4, 0.5) is 0 Å². The highest BCUT2D eigenvalue weighted by molar-refractivity contribution is 7.80. The zero-order chi connectivity index (χ0) is 20.7. The molecule has 7 heteroatoms. The molecule has 1 saturated heterocycles. The Labute approximate surface area is 186 Å². The van der Waals surface area contributed by atoms with Crippen LogP contribution in [-0.2, 0) is 0 Å². The lowest BCUT2D eigenvalue weighted by atomic mass is 9.97. The predicted octanol–water partition coefficient (Wildman–Crippen LogP) is 5.79. The van der Waals surface area contributed by atoms with Gasteiger partial charge in [0.2, 0.25) is 0 Å². The van der Waals surface area contributed by atoms with Crippen molar-refractivity contribution in [3.8, 4) is 5.69 Å². The molecule has 29 heavy (non-hydrogen) atoms. The van der Waals surface area contributed by atoms with Gasteiger partial charge < -0.3 is 14.8 Å². The van der Waals surface area contributed by atoms with Gasteiger partial charge in [-0.2, -0.15) is 0 Å². The molecule has 3 heterocycles. The maximum absolute atomic E-state index is 6.54. The Morgan fingerprint density at radius 1 is 1.14 bits per heavy atom. The maximum atomic E-state index is 6.54. The predicted molar refractivity (Wildman–Crippen MR) is 123 cm³/mol. The summed E-state index contributed by atoms with van der Waals surface area (Å²) in [7, 11) is 0. The number of benzene rings is 1. The first-order valence-corrected chi connectivity index (χ1v) is 10.7. The molecular formula is C22H22Cl2N4S. The van der Waals surface area contributed by atoms with Crippen LogP contribution in [0.3, 0.4) is 0 Å². The third-order valence-electron chi connectivity index (χ3n) is 5.50. The van der Waals surface area contributed by atoms with Gasteiger partial charge in [0, 0.05) is 24.1 Å². The number of hydrogen-bond acceptors (Lipinski definition) is 2. The Morgan fingerprint density at radius 3 is 2.62 bits per heavy atom. The second-order valence-electron chi connectivity index (χ2n) is 7.15. The number of halogens is 2. The number of rotatable bonds is 4. The summed E-state index contributed by atoms with van der Waals surface area (Å²) < 4.78 is 2.16. The molecule has 1 aliphatic rings. The fraction of sp³-hybridized carbons (Fsp3) is 0.273. The van der Waals surface area contributed by atoms with E-state index in [0.717, 1.165) is 34.4 Å². The summed E-state index contributed by atoms with van der Waals surface area (Å²) in [5.41, 5.74) is 5.26. The van der Waals surface area contributed by atoms with Crippen LogP contribution in [0.15, 0.2) is 48.7 Å². The van der Waals surface area contributed by atoms with Gasteiger partial charge in [0.15, 0.2) is 5.11 Å². The van der Waals surface area contributed by atoms with Crippen molar-refractivity contribution >= 4 is 40.5 Å². The molecule has 3 aromatic rings. The van der Waals surface area contributed by atoms with E-state index >= 15 is 0 Å². The van der Waals surface area contributed by atoms with Crippen LogP contribution in [0.5, 0.6) is 0 Å². The second-order valence-corrected chi connectivity index (χ2v) is 8.32. The first kappa shape index (κ1) is 20.2. The molecule has 0 spiro atoms. The van der Waals surface area contributed by atoms with E-state index in [1.165, 1.54) is 5.56 Å². The largest absolute Gasteiger partial charge is 0.352 e. The minimum Gasteiger partial charge on any atom is -0.352 e. The normalized spacial score (nSPS) is 18.9. The lowest BCUT2D eigenvalue weighted by molar-refractivity contribution is 0.329. The molecule has 4 nitrogen and oxygen atoms in total. The van der Waals surface area contributed by atoms with E-state index in [2.05, 4.69) is 46.6 Å². The molecule has 0 saturated carbocycles. The minimum absolute atomic E-state index is 0.0209. The van der Waals surface area contributed by atoms with Gasteiger partial charge in [-0.15, -0.1) is 0 Å². The van der Waals surface area contributed by atoms with Crippen LogP contribution >= 0.6 is 35.4 Å². The van der Waals surface area contributed by atoms with Gasteiger partial charge in [-0.3, -0.25) is 4.98 Å². The van der Waals surface area contributed by atoms with Crippen LogP contribution in [0.2, 0.25) is 10.0 Å². The van der Waals surface area contributed by atoms with Crippen LogP contribution in [0.1, 0.15) is 41.7 Å². The number of pyridine rings is 1. The fourth-order valence-corrected chi connectivity index (χ4v) is 4.96. The summed E-state index contributed by atoms with van der Waals surface area (Å²) >= 11 is 18.5. The van der Waals surface area contributed by atoms with Crippen molar-refractivity contribution in [2.45, 2.75) is 32.9 Å². The molecule has 0 aliphatic carbocycles. The lowest BCUT2D eigenvalue weighted by Crippen LogP contribution is -2.29. The zero-order valence-electron chi connectivity index (χ0n) is 16.5. The van der Waals surface area contributed by atoms with Gasteiger partial charge in [-0.25, -0.2) is 0 Å². The molecular weight excluding hydrogens is 423 g/mol. The molecule has 2 atom stereocenters. The third kappa shape index (κ3) is 3.41. The summed E-state index contributed by atoms with van der Waals surface area (Å²) in [5.74, 6) is 0. The van der Waals surface area contributed by atoms with E-state index in [1.807, 2.05) is 36.5 Å². The third-order valence-corrected chi connectivity index (χ3v) is 6.66. The van der Waals surface area contributed by atoms with Gasteiger partial charge in [-0.1, -0.05) is 35.3 Å². The van der Waals surface area contributed by atoms with Gasteiger partial charge in [-0.05, 0) is 68.9 Å². The molecule has 4 rings (SSSR count). The average molecular weight is 445 g/mol. The Hall–Kier alpha value is -2.08. The van der Waals surface area contributed by atoms with Crippen molar-refractivity contribution in [1.82, 2.24) is 19.8 Å². The van der Waals surface area contributed by atoms with Crippen molar-refractivity contribution < 1.29 is 0 Å². The summed E-state index contributed by atoms with van der Waals surface area (Å²) in [6.45, 7) is 7.13. The summed E-state index contributed by atoms with van der Waals surface area (Å²) in [6, 6.07) is 13.9. The number of thiocarbonyl (C=S) groups is 1. The molecule has 1 aliphatic heterocycles. The van der Waals surface area contributed by atoms with E-state index in [0.29, 0.717) is 10.0 Å². The van der Waals surface area contributed by atoms with Crippen LogP contribution in [-0.4, -0.2) is 26.1 Å². The Kier molecular flexibility index (Phi) is 5.56. The first-order chi connectivity index (χ1) is 13.9. The van der Waals surface area contributed by atoms with Crippen LogP contribution in [0.25, 0.3) is 5.69 Å². The Balaban J connectivity index is 1.86. The van der Waals surface area contributed by atoms with E-state index < -0.39 is 0 Å². The molecule has 0 amide bonds. The van der Waals surface area contributed by atoms with Crippen molar-refractivity contribution in [3.05, 3.63) is 81.4 Å². The SMILES string of the molecule is CCN1C(=S)N[C@H](c2ccccn2)[C@H]1c1cc(C)n(-c2cccc(Cl)c2Cl)c1C. The molecule has 2 aromatic heterocycles. The molecule has 1 fully saturated rings. The van der Waals surface area contributed by atoms with Crippen LogP contribution < -0.4 is 5.32 Å². The summed E-state index contributed by atoms with van der Waals surface area (Å²) in [4.78, 5) is 6.81. The summed E-state index contributed by atoms with van der Waals surface area (Å²) in [5, 5.41) is 5.32. The van der Waals surface area contributed by atoms with Crippen molar-refractivity contribution in [2.75, 3.05) is 6.54 Å². The zero-order valence-corrected chi connectivity index (χ0v) is 18.8. The van der Waals surface area contributed by atoms with Gasteiger partial charge >= 0.3 is 0 Å². The highest BCUT2D eigenvalue weighted by Crippen LogP contribution is 2.42. The quantitative estimate of drug-likeness (QED) is 0.516. The fourth-order valence-electron chi connectivity index (χ4n) is 4.21. The number of aryl methyl sites for hydroxylation is 1. The van der Waals surface area contributed by atoms with Gasteiger partial charge in [0.05, 0.1) is 33.5 Å². The van der Waals surface area contributed by atoms with E-state index in [9.17, 15) is 0 Å². The van der Waals surface area contributed by atoms with Crippen LogP contribution in [0, 0.1) is 13.8 Å². The number of likely N-dealkylation sites (N-methyl/N-ethyl adjacent to an activating group) is 1. The molecule has 150 valence electrons. The molecule has 0 unspecified atom stereocenters. The van der Waals surface area contributed by atoms with E-state index in [4.69, 9.17) is 35.4 Å². The lowest BCUT2D eigenvalue weighted by Gasteiger charge is -2.27. The molecule has 0 radical (unpaired) electrons. The molecule has 0 bridgehead atoms.